The van der Waals surface area contributed by atoms with Crippen LogP contribution in [0, 0.1) is 11.3 Å². The van der Waals surface area contributed by atoms with Crippen molar-refractivity contribution in [2.45, 2.75) is 44.8 Å². The van der Waals surface area contributed by atoms with Gasteiger partial charge in [-0.05, 0) is 37.5 Å². The monoisotopic (exact) mass is 339 g/mol. The van der Waals surface area contributed by atoms with Gasteiger partial charge in [-0.2, -0.15) is 18.4 Å². The van der Waals surface area contributed by atoms with Crippen molar-refractivity contribution in [3.8, 4) is 6.07 Å². The molecule has 1 aromatic rings. The molecule has 1 aromatic carbocycles. The topological polar surface area (TPSA) is 56.1 Å². The average molecular weight is 339 g/mol. The van der Waals surface area contributed by atoms with Gasteiger partial charge in [0.1, 0.15) is 6.07 Å². The van der Waals surface area contributed by atoms with Gasteiger partial charge in [-0.15, -0.1) is 0 Å². The zero-order chi connectivity index (χ0) is 17.7. The zero-order valence-electron chi connectivity index (χ0n) is 13.5. The molecule has 1 N–H and O–H groups in total. The van der Waals surface area contributed by atoms with Crippen molar-refractivity contribution in [3.05, 3.63) is 29.3 Å². The summed E-state index contributed by atoms with van der Waals surface area (Å²) < 4.78 is 38.4. The summed E-state index contributed by atoms with van der Waals surface area (Å²) in [5, 5.41) is 12.2. The lowest BCUT2D eigenvalue weighted by atomic mass is 10.0. The summed E-state index contributed by atoms with van der Waals surface area (Å²) in [5.41, 5.74) is -0.335. The fourth-order valence-electron chi connectivity index (χ4n) is 2.92. The number of hydrogen-bond donors (Lipinski definition) is 1. The third-order valence-corrected chi connectivity index (χ3v) is 4.05. The van der Waals surface area contributed by atoms with Gasteiger partial charge in [0, 0.05) is 25.6 Å². The summed E-state index contributed by atoms with van der Waals surface area (Å²) in [6, 6.07) is 5.03. The molecule has 1 atom stereocenters. The Kier molecular flexibility index (Phi) is 5.71. The lowest BCUT2D eigenvalue weighted by Gasteiger charge is -2.35. The molecule has 130 valence electrons. The molecule has 1 aliphatic heterocycles. The van der Waals surface area contributed by atoms with Crippen LogP contribution in [0.4, 0.5) is 18.9 Å². The number of nitrogens with one attached hydrogen (secondary N) is 1. The van der Waals surface area contributed by atoms with E-state index >= 15 is 0 Å². The predicted octanol–water partition coefficient (Wildman–Crippen LogP) is 3.46. The molecule has 1 unspecified atom stereocenters. The fraction of sp³-hybridized carbons (Fsp3) is 0.529. The second-order valence-corrected chi connectivity index (χ2v) is 5.94. The van der Waals surface area contributed by atoms with E-state index in [1.54, 1.807) is 0 Å². The van der Waals surface area contributed by atoms with Crippen molar-refractivity contribution in [1.29, 1.82) is 5.26 Å². The minimum atomic E-state index is -4.47. The number of carbonyl (C=O) groups is 1. The van der Waals surface area contributed by atoms with Gasteiger partial charge in [0.15, 0.2) is 0 Å². The molecule has 4 nitrogen and oxygen atoms in total. The Morgan fingerprint density at radius 3 is 2.83 bits per heavy atom. The Labute approximate surface area is 139 Å². The zero-order valence-corrected chi connectivity index (χ0v) is 13.5. The van der Waals surface area contributed by atoms with Crippen LogP contribution in [0.5, 0.6) is 0 Å². The van der Waals surface area contributed by atoms with Crippen LogP contribution in [-0.4, -0.2) is 25.0 Å². The lowest BCUT2D eigenvalue weighted by molar-refractivity contribution is -0.137. The summed E-state index contributed by atoms with van der Waals surface area (Å²) in [7, 11) is 0. The van der Waals surface area contributed by atoms with Gasteiger partial charge in [0.2, 0.25) is 5.91 Å². The summed E-state index contributed by atoms with van der Waals surface area (Å²) in [4.78, 5) is 13.6. The molecule has 0 aliphatic carbocycles. The van der Waals surface area contributed by atoms with Crippen LogP contribution < -0.4 is 10.2 Å². The Hall–Kier alpha value is -2.23. The minimum absolute atomic E-state index is 0.00496. The molecule has 1 heterocycles. The minimum Gasteiger partial charge on any atom is -0.368 e. The molecule has 7 heteroatoms. The van der Waals surface area contributed by atoms with Crippen molar-refractivity contribution in [1.82, 2.24) is 5.32 Å². The van der Waals surface area contributed by atoms with E-state index in [9.17, 15) is 23.2 Å². The second-order valence-electron chi connectivity index (χ2n) is 5.94. The number of amides is 1. The molecule has 2 rings (SSSR count). The molecule has 0 radical (unpaired) electrons. The van der Waals surface area contributed by atoms with Crippen molar-refractivity contribution in [2.24, 2.45) is 0 Å². The number of halogens is 3. The Morgan fingerprint density at radius 1 is 1.46 bits per heavy atom. The van der Waals surface area contributed by atoms with E-state index in [4.69, 9.17) is 0 Å². The molecular weight excluding hydrogens is 319 g/mol. The largest absolute Gasteiger partial charge is 0.416 e. The fourth-order valence-corrected chi connectivity index (χ4v) is 2.92. The van der Waals surface area contributed by atoms with E-state index in [1.165, 1.54) is 6.07 Å². The first-order valence-electron chi connectivity index (χ1n) is 8.00. The number of anilines is 1. The van der Waals surface area contributed by atoms with Crippen LogP contribution in [0.15, 0.2) is 18.2 Å². The number of carbonyl (C=O) groups excluding carboxylic acids is 1. The van der Waals surface area contributed by atoms with E-state index in [0.29, 0.717) is 25.2 Å². The van der Waals surface area contributed by atoms with Gasteiger partial charge >= 0.3 is 6.18 Å². The first-order chi connectivity index (χ1) is 11.3. The number of hydrogen-bond acceptors (Lipinski definition) is 3. The van der Waals surface area contributed by atoms with Crippen molar-refractivity contribution < 1.29 is 18.0 Å². The maximum Gasteiger partial charge on any atom is 0.416 e. The summed E-state index contributed by atoms with van der Waals surface area (Å²) in [6.45, 7) is 3.07. The smallest absolute Gasteiger partial charge is 0.368 e. The van der Waals surface area contributed by atoms with Gasteiger partial charge in [0.25, 0.3) is 0 Å². The van der Waals surface area contributed by atoms with E-state index in [0.717, 1.165) is 31.4 Å². The van der Waals surface area contributed by atoms with Crippen LogP contribution in [0.3, 0.4) is 0 Å². The number of nitrogens with zero attached hydrogens (tertiary/aromatic N) is 2. The molecule has 0 spiro atoms. The van der Waals surface area contributed by atoms with E-state index in [1.807, 2.05) is 17.9 Å². The predicted molar refractivity (Wildman–Crippen MR) is 84.4 cm³/mol. The highest BCUT2D eigenvalue weighted by Crippen LogP contribution is 2.33. The highest BCUT2D eigenvalue weighted by atomic mass is 19.4. The van der Waals surface area contributed by atoms with Gasteiger partial charge < -0.3 is 10.2 Å². The highest BCUT2D eigenvalue weighted by Gasteiger charge is 2.32. The molecular formula is C17H20F3N3O. The maximum atomic E-state index is 12.8. The van der Waals surface area contributed by atoms with Crippen molar-refractivity contribution in [2.75, 3.05) is 18.0 Å². The van der Waals surface area contributed by atoms with Gasteiger partial charge in [0.05, 0.1) is 16.8 Å². The van der Waals surface area contributed by atoms with Crippen LogP contribution >= 0.6 is 0 Å². The quantitative estimate of drug-likeness (QED) is 0.914. The molecule has 0 aromatic heterocycles. The summed E-state index contributed by atoms with van der Waals surface area (Å²) >= 11 is 0. The number of alkyl halides is 3. The lowest BCUT2D eigenvalue weighted by Crippen LogP contribution is -2.48. The number of rotatable bonds is 4. The summed E-state index contributed by atoms with van der Waals surface area (Å²) in [6.07, 6.45) is -1.61. The van der Waals surface area contributed by atoms with Crippen molar-refractivity contribution in [3.63, 3.8) is 0 Å². The number of piperidine rings is 1. The Morgan fingerprint density at radius 2 is 2.21 bits per heavy atom. The third-order valence-electron chi connectivity index (χ3n) is 4.05. The Balaban J connectivity index is 2.16. The summed E-state index contributed by atoms with van der Waals surface area (Å²) in [5.74, 6) is -0.0164. The molecule has 0 saturated carbocycles. The molecule has 1 fully saturated rings. The van der Waals surface area contributed by atoms with Gasteiger partial charge in [-0.1, -0.05) is 6.92 Å². The van der Waals surface area contributed by atoms with E-state index in [-0.39, 0.29) is 17.5 Å². The van der Waals surface area contributed by atoms with Crippen LogP contribution in [0.25, 0.3) is 0 Å². The normalized spacial score (nSPS) is 18.1. The van der Waals surface area contributed by atoms with E-state index < -0.39 is 11.7 Å². The SMILES string of the molecule is CCCC(=O)NC1CCCN(c2ccc(C(F)(F)F)cc2C#N)C1. The molecule has 24 heavy (non-hydrogen) atoms. The van der Waals surface area contributed by atoms with Gasteiger partial charge in [-0.25, -0.2) is 0 Å². The molecule has 0 bridgehead atoms. The maximum absolute atomic E-state index is 12.8. The second kappa shape index (κ2) is 7.56. The first kappa shape index (κ1) is 18.1. The molecule has 1 aliphatic rings. The van der Waals surface area contributed by atoms with Gasteiger partial charge in [-0.3, -0.25) is 4.79 Å². The average Bonchev–Trinajstić information content (AvgIpc) is 2.53. The van der Waals surface area contributed by atoms with Crippen LogP contribution in [-0.2, 0) is 11.0 Å². The van der Waals surface area contributed by atoms with E-state index in [2.05, 4.69) is 5.32 Å². The number of nitriles is 1. The third kappa shape index (κ3) is 4.40. The molecule has 1 amide bonds. The standard InChI is InChI=1S/C17H20F3N3O/c1-2-4-16(24)22-14-5-3-8-23(11-14)15-7-6-13(17(18,19)20)9-12(15)10-21/h6-7,9,14H,2-5,8,11H2,1H3,(H,22,24). The number of benzene rings is 1. The first-order valence-corrected chi connectivity index (χ1v) is 8.00. The van der Waals surface area contributed by atoms with Crippen LogP contribution in [0.1, 0.15) is 43.7 Å². The Bertz CT molecular complexity index is 637. The van der Waals surface area contributed by atoms with Crippen LogP contribution in [0.2, 0.25) is 0 Å². The molecule has 1 saturated heterocycles. The highest BCUT2D eigenvalue weighted by molar-refractivity contribution is 5.76. The van der Waals surface area contributed by atoms with Crippen molar-refractivity contribution >= 4 is 11.6 Å².